The molecule has 2 aromatic rings. The maximum absolute atomic E-state index is 13.1. The monoisotopic (exact) mass is 433 g/mol. The largest absolute Gasteiger partial charge is 0.507 e. The zero-order valence-corrected chi connectivity index (χ0v) is 18.2. The summed E-state index contributed by atoms with van der Waals surface area (Å²) in [5.41, 5.74) is 2.88. The van der Waals surface area contributed by atoms with Crippen LogP contribution in [0.25, 0.3) is 0 Å². The number of sulfonamides is 1. The molecule has 0 radical (unpaired) electrons. The Morgan fingerprint density at radius 3 is 2.40 bits per heavy atom. The zero-order valence-electron chi connectivity index (χ0n) is 17.3. The molecule has 2 aliphatic rings. The lowest BCUT2D eigenvalue weighted by Gasteiger charge is -2.23. The van der Waals surface area contributed by atoms with Gasteiger partial charge in [-0.25, -0.2) is 8.42 Å². The molecule has 4 rings (SSSR count). The lowest BCUT2D eigenvalue weighted by molar-refractivity contribution is 0.0761. The Morgan fingerprint density at radius 2 is 1.73 bits per heavy atom. The predicted octanol–water partition coefficient (Wildman–Crippen LogP) is 2.41. The van der Waals surface area contributed by atoms with Gasteiger partial charge in [-0.2, -0.15) is 4.31 Å². The van der Waals surface area contributed by atoms with Crippen LogP contribution < -0.4 is 0 Å². The lowest BCUT2D eigenvalue weighted by Crippen LogP contribution is -2.37. The summed E-state index contributed by atoms with van der Waals surface area (Å²) < 4.78 is 32.6. The van der Waals surface area contributed by atoms with Crippen molar-refractivity contribution in [3.8, 4) is 5.75 Å². The SMILES string of the molecule is Cc1noc(C)c1S(=O)(=O)N1CCCN(C(=O)c2cc3c(cc2O)CCCC3)CC1. The molecule has 1 aliphatic heterocycles. The van der Waals surface area contributed by atoms with Crippen LogP contribution in [0.3, 0.4) is 0 Å². The number of benzene rings is 1. The van der Waals surface area contributed by atoms with Gasteiger partial charge in [-0.05, 0) is 69.2 Å². The van der Waals surface area contributed by atoms with E-state index in [-0.39, 0.29) is 35.4 Å². The molecule has 1 aromatic carbocycles. The number of phenols is 1. The maximum atomic E-state index is 13.1. The second-order valence-electron chi connectivity index (χ2n) is 8.05. The predicted molar refractivity (Wildman–Crippen MR) is 110 cm³/mol. The second-order valence-corrected chi connectivity index (χ2v) is 9.92. The average Bonchev–Trinajstić information content (AvgIpc) is 2.92. The molecule has 1 N–H and O–H groups in total. The van der Waals surface area contributed by atoms with E-state index < -0.39 is 10.0 Å². The Balaban J connectivity index is 1.53. The number of aryl methyl sites for hydroxylation is 4. The number of amides is 1. The summed E-state index contributed by atoms with van der Waals surface area (Å²) in [5, 5.41) is 14.2. The molecule has 0 atom stereocenters. The highest BCUT2D eigenvalue weighted by atomic mass is 32.2. The third kappa shape index (κ3) is 3.72. The number of nitrogens with zero attached hydrogens (tertiary/aromatic N) is 3. The molecular formula is C21H27N3O5S. The summed E-state index contributed by atoms with van der Waals surface area (Å²) in [4.78, 5) is 14.9. The van der Waals surface area contributed by atoms with Gasteiger partial charge < -0.3 is 14.5 Å². The first-order valence-electron chi connectivity index (χ1n) is 10.4. The molecule has 2 heterocycles. The Labute approximate surface area is 176 Å². The third-order valence-electron chi connectivity index (χ3n) is 6.00. The number of fused-ring (bicyclic) bond motifs is 1. The van der Waals surface area contributed by atoms with Gasteiger partial charge in [-0.15, -0.1) is 0 Å². The molecule has 1 aliphatic carbocycles. The first kappa shape index (κ1) is 20.9. The smallest absolute Gasteiger partial charge is 0.257 e. The van der Waals surface area contributed by atoms with Crippen molar-refractivity contribution in [3.05, 3.63) is 40.3 Å². The van der Waals surface area contributed by atoms with Gasteiger partial charge in [-0.3, -0.25) is 4.79 Å². The van der Waals surface area contributed by atoms with Gasteiger partial charge in [0, 0.05) is 26.2 Å². The molecule has 162 valence electrons. The number of hydrogen-bond donors (Lipinski definition) is 1. The lowest BCUT2D eigenvalue weighted by atomic mass is 9.89. The quantitative estimate of drug-likeness (QED) is 0.797. The standard InChI is InChI=1S/C21H27N3O5S/c1-14-20(15(2)29-22-14)30(27,28)24-9-5-8-23(10-11-24)21(26)18-12-16-6-3-4-7-17(16)13-19(18)25/h12-13,25H,3-11H2,1-2H3. The Hall–Kier alpha value is -2.39. The number of rotatable bonds is 3. The fraction of sp³-hybridized carbons (Fsp3) is 0.524. The molecular weight excluding hydrogens is 406 g/mol. The van der Waals surface area contributed by atoms with Gasteiger partial charge in [0.15, 0.2) is 5.76 Å². The second kappa shape index (κ2) is 8.03. The van der Waals surface area contributed by atoms with Crippen LogP contribution in [0.2, 0.25) is 0 Å². The number of carbonyl (C=O) groups is 1. The van der Waals surface area contributed by atoms with E-state index in [1.807, 2.05) is 6.07 Å². The molecule has 0 unspecified atom stereocenters. The molecule has 0 bridgehead atoms. The number of aromatic nitrogens is 1. The van der Waals surface area contributed by atoms with Gasteiger partial charge >= 0.3 is 0 Å². The van der Waals surface area contributed by atoms with Gasteiger partial charge in [0.1, 0.15) is 16.3 Å². The topological polar surface area (TPSA) is 104 Å². The Morgan fingerprint density at radius 1 is 1.03 bits per heavy atom. The van der Waals surface area contributed by atoms with Crippen molar-refractivity contribution in [2.24, 2.45) is 0 Å². The van der Waals surface area contributed by atoms with Crippen molar-refractivity contribution in [2.45, 2.75) is 50.8 Å². The zero-order chi connectivity index (χ0) is 21.5. The fourth-order valence-corrected chi connectivity index (χ4v) is 6.18. The molecule has 9 heteroatoms. The van der Waals surface area contributed by atoms with Crippen LogP contribution in [0, 0.1) is 13.8 Å². The van der Waals surface area contributed by atoms with Gasteiger partial charge in [0.05, 0.1) is 5.56 Å². The number of aromatic hydroxyl groups is 1. The van der Waals surface area contributed by atoms with Crippen molar-refractivity contribution < 1.29 is 22.8 Å². The van der Waals surface area contributed by atoms with Crippen molar-refractivity contribution in [2.75, 3.05) is 26.2 Å². The minimum absolute atomic E-state index is 0.00472. The molecule has 30 heavy (non-hydrogen) atoms. The van der Waals surface area contributed by atoms with Crippen LogP contribution in [-0.4, -0.2) is 60.0 Å². The third-order valence-corrected chi connectivity index (χ3v) is 8.14. The molecule has 0 spiro atoms. The van der Waals surface area contributed by atoms with Crippen LogP contribution >= 0.6 is 0 Å². The van der Waals surface area contributed by atoms with E-state index in [4.69, 9.17) is 4.52 Å². The molecule has 0 saturated carbocycles. The average molecular weight is 434 g/mol. The maximum Gasteiger partial charge on any atom is 0.257 e. The minimum Gasteiger partial charge on any atom is -0.507 e. The highest BCUT2D eigenvalue weighted by Crippen LogP contribution is 2.30. The minimum atomic E-state index is -3.75. The van der Waals surface area contributed by atoms with Crippen molar-refractivity contribution in [1.29, 1.82) is 0 Å². The molecule has 1 fully saturated rings. The summed E-state index contributed by atoms with van der Waals surface area (Å²) in [6.07, 6.45) is 4.54. The van der Waals surface area contributed by atoms with E-state index >= 15 is 0 Å². The highest BCUT2D eigenvalue weighted by Gasteiger charge is 2.33. The number of carbonyl (C=O) groups excluding carboxylic acids is 1. The van der Waals surface area contributed by atoms with E-state index in [9.17, 15) is 18.3 Å². The van der Waals surface area contributed by atoms with Crippen molar-refractivity contribution >= 4 is 15.9 Å². The van der Waals surface area contributed by atoms with Crippen molar-refractivity contribution in [3.63, 3.8) is 0 Å². The summed E-state index contributed by atoms with van der Waals surface area (Å²) in [7, 11) is -3.75. The normalized spacial score (nSPS) is 18.1. The number of hydrogen-bond acceptors (Lipinski definition) is 6. The Bertz CT molecular complexity index is 1060. The van der Waals surface area contributed by atoms with Crippen LogP contribution in [0.4, 0.5) is 0 Å². The summed E-state index contributed by atoms with van der Waals surface area (Å²) in [5.74, 6) is 0.0196. The molecule has 1 saturated heterocycles. The first-order valence-corrected chi connectivity index (χ1v) is 11.8. The summed E-state index contributed by atoms with van der Waals surface area (Å²) in [6.45, 7) is 4.38. The van der Waals surface area contributed by atoms with Crippen LogP contribution in [0.5, 0.6) is 5.75 Å². The molecule has 8 nitrogen and oxygen atoms in total. The van der Waals surface area contributed by atoms with Gasteiger partial charge in [0.25, 0.3) is 5.91 Å². The van der Waals surface area contributed by atoms with Crippen molar-refractivity contribution in [1.82, 2.24) is 14.4 Å². The van der Waals surface area contributed by atoms with E-state index in [1.165, 1.54) is 4.31 Å². The van der Waals surface area contributed by atoms with Gasteiger partial charge in [-0.1, -0.05) is 5.16 Å². The summed E-state index contributed by atoms with van der Waals surface area (Å²) >= 11 is 0. The van der Waals surface area contributed by atoms with E-state index in [0.29, 0.717) is 30.8 Å². The Kier molecular flexibility index (Phi) is 5.59. The molecule has 1 amide bonds. The van der Waals surface area contributed by atoms with E-state index in [2.05, 4.69) is 5.16 Å². The fourth-order valence-electron chi connectivity index (χ4n) is 4.42. The van der Waals surface area contributed by atoms with Crippen LogP contribution in [0.1, 0.15) is 52.2 Å². The van der Waals surface area contributed by atoms with Crippen LogP contribution in [-0.2, 0) is 22.9 Å². The van der Waals surface area contributed by atoms with E-state index in [0.717, 1.165) is 36.8 Å². The first-order chi connectivity index (χ1) is 14.3. The molecule has 1 aromatic heterocycles. The number of phenolic OH excluding ortho intramolecular Hbond substituents is 1. The van der Waals surface area contributed by atoms with E-state index in [1.54, 1.807) is 24.8 Å². The highest BCUT2D eigenvalue weighted by molar-refractivity contribution is 7.89. The van der Waals surface area contributed by atoms with Crippen LogP contribution in [0.15, 0.2) is 21.6 Å². The van der Waals surface area contributed by atoms with Gasteiger partial charge in [0.2, 0.25) is 10.0 Å². The summed E-state index contributed by atoms with van der Waals surface area (Å²) in [6, 6.07) is 3.53.